The molecular formula is C17H28F6O2. The van der Waals surface area contributed by atoms with Gasteiger partial charge >= 0.3 is 12.4 Å². The maximum Gasteiger partial charge on any atom is 0.403 e. The summed E-state index contributed by atoms with van der Waals surface area (Å²) in [6.07, 6.45) is -10.3. The molecule has 0 spiro atoms. The van der Waals surface area contributed by atoms with Crippen LogP contribution < -0.4 is 0 Å². The summed E-state index contributed by atoms with van der Waals surface area (Å²) >= 11 is 0. The zero-order chi connectivity index (χ0) is 19.3. The Morgan fingerprint density at radius 3 is 1.44 bits per heavy atom. The van der Waals surface area contributed by atoms with E-state index in [1.54, 1.807) is 6.92 Å². The third-order valence-corrected chi connectivity index (χ3v) is 5.53. The van der Waals surface area contributed by atoms with Crippen LogP contribution >= 0.6 is 0 Å². The van der Waals surface area contributed by atoms with Crippen molar-refractivity contribution in [3.05, 3.63) is 0 Å². The van der Waals surface area contributed by atoms with Gasteiger partial charge in [0.1, 0.15) is 0 Å². The SMILES string of the molecule is CCO.O[C@H]1CC[C@@H](C(C2CCCCC2)(C(F)(F)F)C(F)(F)F)CC1. The highest BCUT2D eigenvalue weighted by Gasteiger charge is 2.76. The molecule has 8 heteroatoms. The fourth-order valence-electron chi connectivity index (χ4n) is 4.51. The van der Waals surface area contributed by atoms with Gasteiger partial charge in [-0.25, -0.2) is 0 Å². The second-order valence-corrected chi connectivity index (χ2v) is 7.02. The fraction of sp³-hybridized carbons (Fsp3) is 1.00. The van der Waals surface area contributed by atoms with E-state index in [0.29, 0.717) is 19.3 Å². The lowest BCUT2D eigenvalue weighted by Crippen LogP contribution is -2.60. The number of aliphatic hydroxyl groups excluding tert-OH is 2. The van der Waals surface area contributed by atoms with Crippen molar-refractivity contribution in [3.8, 4) is 0 Å². The highest BCUT2D eigenvalue weighted by atomic mass is 19.4. The van der Waals surface area contributed by atoms with E-state index in [0.717, 1.165) is 0 Å². The minimum Gasteiger partial charge on any atom is -0.397 e. The van der Waals surface area contributed by atoms with Gasteiger partial charge in [0, 0.05) is 6.61 Å². The normalized spacial score (nSPS) is 26.8. The smallest absolute Gasteiger partial charge is 0.397 e. The molecule has 2 N–H and O–H groups in total. The Kier molecular flexibility index (Phi) is 8.05. The summed E-state index contributed by atoms with van der Waals surface area (Å²) in [5.41, 5.74) is -3.61. The van der Waals surface area contributed by atoms with Crippen LogP contribution in [0.4, 0.5) is 26.3 Å². The van der Waals surface area contributed by atoms with Crippen molar-refractivity contribution < 1.29 is 36.6 Å². The van der Waals surface area contributed by atoms with Crippen molar-refractivity contribution in [2.45, 2.75) is 83.2 Å². The molecule has 0 aliphatic heterocycles. The molecule has 2 rings (SSSR count). The number of hydrogen-bond acceptors (Lipinski definition) is 2. The molecule has 0 aromatic rings. The van der Waals surface area contributed by atoms with E-state index in [1.807, 2.05) is 0 Å². The van der Waals surface area contributed by atoms with E-state index in [4.69, 9.17) is 5.11 Å². The Balaban J connectivity index is 0.000000970. The molecule has 150 valence electrons. The topological polar surface area (TPSA) is 40.5 Å². The molecule has 0 unspecified atom stereocenters. The molecular weight excluding hydrogens is 350 g/mol. The standard InChI is InChI=1S/C15H22F6O.C2H6O/c16-14(17,18)13(15(19,20)21,10-4-2-1-3-5-10)11-6-8-12(22)9-7-11;1-2-3/h10-12,22H,1-9H2;3H,2H2,1H3/t11-,12+;. The van der Waals surface area contributed by atoms with E-state index in [2.05, 4.69) is 0 Å². The highest BCUT2D eigenvalue weighted by molar-refractivity contribution is 5.04. The molecule has 0 amide bonds. The molecule has 0 aromatic heterocycles. The van der Waals surface area contributed by atoms with E-state index in [-0.39, 0.29) is 45.1 Å². The van der Waals surface area contributed by atoms with Gasteiger partial charge < -0.3 is 10.2 Å². The lowest BCUT2D eigenvalue weighted by molar-refractivity contribution is -0.382. The molecule has 2 aliphatic carbocycles. The molecule has 2 nitrogen and oxygen atoms in total. The minimum absolute atomic E-state index is 0.0158. The van der Waals surface area contributed by atoms with Crippen LogP contribution in [0.25, 0.3) is 0 Å². The average molecular weight is 378 g/mol. The maximum absolute atomic E-state index is 13.8. The van der Waals surface area contributed by atoms with Gasteiger partial charge in [0.25, 0.3) is 0 Å². The van der Waals surface area contributed by atoms with E-state index in [1.165, 1.54) is 0 Å². The van der Waals surface area contributed by atoms with Crippen LogP contribution in [-0.4, -0.2) is 35.3 Å². The summed E-state index contributed by atoms with van der Waals surface area (Å²) in [6.45, 7) is 1.93. The Bertz CT molecular complexity index is 366. The average Bonchev–Trinajstić information content (AvgIpc) is 2.49. The van der Waals surface area contributed by atoms with Crippen molar-refractivity contribution in [1.82, 2.24) is 0 Å². The van der Waals surface area contributed by atoms with Crippen LogP contribution in [0.15, 0.2) is 0 Å². The molecule has 0 atom stereocenters. The largest absolute Gasteiger partial charge is 0.403 e. The van der Waals surface area contributed by atoms with E-state index in [9.17, 15) is 31.4 Å². The van der Waals surface area contributed by atoms with E-state index < -0.39 is 35.7 Å². The number of alkyl halides is 6. The first-order chi connectivity index (χ1) is 11.5. The number of rotatable bonds is 2. The summed E-state index contributed by atoms with van der Waals surface area (Å²) < 4.78 is 82.5. The summed E-state index contributed by atoms with van der Waals surface area (Å²) in [5.74, 6) is -2.86. The van der Waals surface area contributed by atoms with E-state index >= 15 is 0 Å². The Labute approximate surface area is 144 Å². The molecule has 0 radical (unpaired) electrons. The molecule has 2 aliphatic rings. The number of halogens is 6. The van der Waals surface area contributed by atoms with Crippen LogP contribution in [-0.2, 0) is 0 Å². The first-order valence-electron chi connectivity index (χ1n) is 8.94. The van der Waals surface area contributed by atoms with Gasteiger partial charge in [-0.2, -0.15) is 26.3 Å². The monoisotopic (exact) mass is 378 g/mol. The molecule has 2 fully saturated rings. The zero-order valence-electron chi connectivity index (χ0n) is 14.5. The molecule has 0 aromatic carbocycles. The van der Waals surface area contributed by atoms with Crippen molar-refractivity contribution in [2.75, 3.05) is 6.61 Å². The lowest BCUT2D eigenvalue weighted by atomic mass is 9.57. The van der Waals surface area contributed by atoms with Crippen LogP contribution in [0.5, 0.6) is 0 Å². The summed E-state index contributed by atoms with van der Waals surface area (Å²) in [5, 5.41) is 17.0. The Morgan fingerprint density at radius 1 is 0.720 bits per heavy atom. The van der Waals surface area contributed by atoms with Crippen LogP contribution in [0.2, 0.25) is 0 Å². The quantitative estimate of drug-likeness (QED) is 0.646. The number of hydrogen-bond donors (Lipinski definition) is 2. The number of aliphatic hydroxyl groups is 2. The van der Waals surface area contributed by atoms with Gasteiger partial charge in [0.15, 0.2) is 5.41 Å². The fourth-order valence-corrected chi connectivity index (χ4v) is 4.51. The van der Waals surface area contributed by atoms with Crippen molar-refractivity contribution >= 4 is 0 Å². The maximum atomic E-state index is 13.8. The third kappa shape index (κ3) is 4.81. The van der Waals surface area contributed by atoms with Crippen molar-refractivity contribution in [3.63, 3.8) is 0 Å². The molecule has 0 heterocycles. The predicted molar refractivity (Wildman–Crippen MR) is 81.8 cm³/mol. The van der Waals surface area contributed by atoms with Gasteiger partial charge in [-0.1, -0.05) is 19.3 Å². The second-order valence-electron chi connectivity index (χ2n) is 7.02. The lowest BCUT2D eigenvalue weighted by Gasteiger charge is -2.50. The Morgan fingerprint density at radius 2 is 1.08 bits per heavy atom. The van der Waals surface area contributed by atoms with Gasteiger partial charge in [-0.3, -0.25) is 0 Å². The second kappa shape index (κ2) is 8.93. The molecule has 25 heavy (non-hydrogen) atoms. The van der Waals surface area contributed by atoms with Crippen molar-refractivity contribution in [2.24, 2.45) is 17.3 Å². The van der Waals surface area contributed by atoms with Crippen LogP contribution in [0.3, 0.4) is 0 Å². The molecule has 2 saturated carbocycles. The van der Waals surface area contributed by atoms with Gasteiger partial charge in [0.2, 0.25) is 0 Å². The first kappa shape index (κ1) is 22.5. The third-order valence-electron chi connectivity index (χ3n) is 5.53. The summed E-state index contributed by atoms with van der Waals surface area (Å²) in [7, 11) is 0. The van der Waals surface area contributed by atoms with Crippen LogP contribution in [0, 0.1) is 17.3 Å². The Hall–Kier alpha value is -0.500. The van der Waals surface area contributed by atoms with Gasteiger partial charge in [0.05, 0.1) is 6.10 Å². The van der Waals surface area contributed by atoms with Gasteiger partial charge in [-0.05, 0) is 57.3 Å². The van der Waals surface area contributed by atoms with Crippen molar-refractivity contribution in [1.29, 1.82) is 0 Å². The molecule has 0 bridgehead atoms. The summed E-state index contributed by atoms with van der Waals surface area (Å²) in [4.78, 5) is 0. The first-order valence-corrected chi connectivity index (χ1v) is 8.94. The molecule has 0 saturated heterocycles. The minimum atomic E-state index is -5.31. The van der Waals surface area contributed by atoms with Crippen LogP contribution in [0.1, 0.15) is 64.7 Å². The predicted octanol–water partition coefficient (Wildman–Crippen LogP) is 5.23. The summed E-state index contributed by atoms with van der Waals surface area (Å²) in [6, 6.07) is 0. The van der Waals surface area contributed by atoms with Gasteiger partial charge in [-0.15, -0.1) is 0 Å². The highest BCUT2D eigenvalue weighted by Crippen LogP contribution is 2.64. The zero-order valence-corrected chi connectivity index (χ0v) is 14.5.